The first-order valence-corrected chi connectivity index (χ1v) is 7.12. The van der Waals surface area contributed by atoms with E-state index in [-0.39, 0.29) is 11.2 Å². The summed E-state index contributed by atoms with van der Waals surface area (Å²) in [6.07, 6.45) is 1.71. The highest BCUT2D eigenvalue weighted by molar-refractivity contribution is 5.43. The van der Waals surface area contributed by atoms with Gasteiger partial charge in [-0.2, -0.15) is 0 Å². The summed E-state index contributed by atoms with van der Waals surface area (Å²) < 4.78 is 17.3. The maximum atomic E-state index is 10.5. The number of ether oxygens (including phenoxy) is 3. The van der Waals surface area contributed by atoms with Crippen LogP contribution >= 0.6 is 0 Å². The molecule has 4 heteroatoms. The third-order valence-electron chi connectivity index (χ3n) is 4.27. The second kappa shape index (κ2) is 4.64. The van der Waals surface area contributed by atoms with Gasteiger partial charge in [0.2, 0.25) is 0 Å². The molecule has 0 aromatic heterocycles. The van der Waals surface area contributed by atoms with Crippen molar-refractivity contribution in [3.63, 3.8) is 0 Å². The summed E-state index contributed by atoms with van der Waals surface area (Å²) in [7, 11) is 1.63. The summed E-state index contributed by atoms with van der Waals surface area (Å²) >= 11 is 0. The van der Waals surface area contributed by atoms with Gasteiger partial charge in [-0.05, 0) is 32.0 Å². The number of methoxy groups -OCH3 is 1. The van der Waals surface area contributed by atoms with E-state index in [1.807, 2.05) is 18.2 Å². The van der Waals surface area contributed by atoms with Crippen molar-refractivity contribution in [2.75, 3.05) is 13.7 Å². The molecule has 4 nitrogen and oxygen atoms in total. The molecule has 0 radical (unpaired) electrons. The quantitative estimate of drug-likeness (QED) is 0.858. The number of hydrogen-bond acceptors (Lipinski definition) is 4. The lowest BCUT2D eigenvalue weighted by Crippen LogP contribution is -2.51. The van der Waals surface area contributed by atoms with E-state index in [0.717, 1.165) is 29.9 Å². The van der Waals surface area contributed by atoms with Gasteiger partial charge >= 0.3 is 0 Å². The molecule has 1 saturated heterocycles. The van der Waals surface area contributed by atoms with Crippen LogP contribution in [-0.4, -0.2) is 30.0 Å². The number of rotatable bonds is 1. The van der Waals surface area contributed by atoms with Gasteiger partial charge in [-0.1, -0.05) is 0 Å². The van der Waals surface area contributed by atoms with Crippen molar-refractivity contribution < 1.29 is 19.3 Å². The highest BCUT2D eigenvalue weighted by atomic mass is 16.5. The molecule has 1 aromatic rings. The number of hydrogen-bond donors (Lipinski definition) is 1. The Bertz CT molecular complexity index is 511. The Morgan fingerprint density at radius 3 is 2.85 bits per heavy atom. The number of aliphatic hydroxyl groups is 1. The SMILES string of the molecule is COc1ccc2c(c1)C(O)CC1(CCOC(C)(C)C1)O2. The molecular weight excluding hydrogens is 256 g/mol. The standard InChI is InChI=1S/C16H22O4/c1-15(2)10-16(6-7-19-15)9-13(17)12-8-11(18-3)4-5-14(12)20-16/h4-5,8,13,17H,6-7,9-10H2,1-3H3. The second-order valence-corrected chi connectivity index (χ2v) is 6.44. The summed E-state index contributed by atoms with van der Waals surface area (Å²) in [4.78, 5) is 0. The molecule has 1 N–H and O–H groups in total. The molecule has 3 rings (SSSR count). The summed E-state index contributed by atoms with van der Waals surface area (Å²) in [6, 6.07) is 5.62. The fourth-order valence-corrected chi connectivity index (χ4v) is 3.43. The van der Waals surface area contributed by atoms with Crippen LogP contribution < -0.4 is 9.47 Å². The van der Waals surface area contributed by atoms with E-state index in [4.69, 9.17) is 14.2 Å². The van der Waals surface area contributed by atoms with Crippen molar-refractivity contribution in [1.82, 2.24) is 0 Å². The first-order chi connectivity index (χ1) is 9.43. The average molecular weight is 278 g/mol. The van der Waals surface area contributed by atoms with E-state index >= 15 is 0 Å². The van der Waals surface area contributed by atoms with Gasteiger partial charge in [-0.25, -0.2) is 0 Å². The van der Waals surface area contributed by atoms with Crippen molar-refractivity contribution in [1.29, 1.82) is 0 Å². The second-order valence-electron chi connectivity index (χ2n) is 6.44. The average Bonchev–Trinajstić information content (AvgIpc) is 2.37. The minimum absolute atomic E-state index is 0.206. The molecule has 110 valence electrons. The van der Waals surface area contributed by atoms with Gasteiger partial charge in [0.1, 0.15) is 17.1 Å². The Morgan fingerprint density at radius 2 is 2.15 bits per heavy atom. The molecule has 1 fully saturated rings. The van der Waals surface area contributed by atoms with Crippen LogP contribution in [0.1, 0.15) is 44.8 Å². The van der Waals surface area contributed by atoms with E-state index in [9.17, 15) is 5.11 Å². The first kappa shape index (κ1) is 13.7. The van der Waals surface area contributed by atoms with Crippen LogP contribution in [0.15, 0.2) is 18.2 Å². The van der Waals surface area contributed by atoms with Gasteiger partial charge in [-0.15, -0.1) is 0 Å². The minimum Gasteiger partial charge on any atom is -0.497 e. The van der Waals surface area contributed by atoms with Crippen LogP contribution in [0, 0.1) is 0 Å². The van der Waals surface area contributed by atoms with Crippen molar-refractivity contribution in [3.05, 3.63) is 23.8 Å². The third-order valence-corrected chi connectivity index (χ3v) is 4.27. The Morgan fingerprint density at radius 1 is 1.35 bits per heavy atom. The molecule has 0 aliphatic carbocycles. The number of fused-ring (bicyclic) bond motifs is 1. The van der Waals surface area contributed by atoms with E-state index in [0.29, 0.717) is 13.0 Å². The lowest BCUT2D eigenvalue weighted by atomic mass is 9.77. The van der Waals surface area contributed by atoms with Crippen molar-refractivity contribution >= 4 is 0 Å². The number of aliphatic hydroxyl groups excluding tert-OH is 1. The van der Waals surface area contributed by atoms with E-state index < -0.39 is 6.10 Å². The Hall–Kier alpha value is -1.26. The normalized spacial score (nSPS) is 31.5. The highest BCUT2D eigenvalue weighted by Crippen LogP contribution is 2.47. The fourth-order valence-electron chi connectivity index (χ4n) is 3.43. The Labute approximate surface area is 119 Å². The Kier molecular flexibility index (Phi) is 3.18. The predicted molar refractivity (Wildman–Crippen MR) is 75.2 cm³/mol. The van der Waals surface area contributed by atoms with Crippen LogP contribution in [0.2, 0.25) is 0 Å². The summed E-state index contributed by atoms with van der Waals surface area (Å²) in [5.74, 6) is 1.51. The van der Waals surface area contributed by atoms with Crippen molar-refractivity contribution in [2.45, 2.75) is 50.4 Å². The van der Waals surface area contributed by atoms with Crippen molar-refractivity contribution in [3.8, 4) is 11.5 Å². The molecule has 2 aliphatic heterocycles. The van der Waals surface area contributed by atoms with Crippen molar-refractivity contribution in [2.24, 2.45) is 0 Å². The first-order valence-electron chi connectivity index (χ1n) is 7.12. The van der Waals surface area contributed by atoms with Gasteiger partial charge in [0, 0.05) is 24.8 Å². The molecular formula is C16H22O4. The molecule has 2 aliphatic rings. The largest absolute Gasteiger partial charge is 0.497 e. The van der Waals surface area contributed by atoms with E-state index in [2.05, 4.69) is 13.8 Å². The Balaban J connectivity index is 1.92. The maximum absolute atomic E-state index is 10.5. The minimum atomic E-state index is -0.511. The lowest BCUT2D eigenvalue weighted by molar-refractivity contribution is -0.151. The zero-order valence-electron chi connectivity index (χ0n) is 12.3. The number of benzene rings is 1. The van der Waals surface area contributed by atoms with Gasteiger partial charge < -0.3 is 19.3 Å². The lowest BCUT2D eigenvalue weighted by Gasteiger charge is -2.48. The zero-order valence-corrected chi connectivity index (χ0v) is 12.3. The molecule has 2 heterocycles. The summed E-state index contributed by atoms with van der Waals surface area (Å²) in [5, 5.41) is 10.5. The molecule has 2 unspecified atom stereocenters. The molecule has 0 amide bonds. The van der Waals surface area contributed by atoms with Crippen LogP contribution in [0.4, 0.5) is 0 Å². The van der Waals surface area contributed by atoms with Crippen LogP contribution in [0.25, 0.3) is 0 Å². The zero-order chi connectivity index (χ0) is 14.4. The highest BCUT2D eigenvalue weighted by Gasteiger charge is 2.47. The fraction of sp³-hybridized carbons (Fsp3) is 0.625. The molecule has 1 spiro atoms. The molecule has 20 heavy (non-hydrogen) atoms. The molecule has 0 bridgehead atoms. The molecule has 0 saturated carbocycles. The molecule has 1 aromatic carbocycles. The van der Waals surface area contributed by atoms with Gasteiger partial charge in [0.25, 0.3) is 0 Å². The third kappa shape index (κ3) is 2.38. The topological polar surface area (TPSA) is 47.9 Å². The molecule has 2 atom stereocenters. The predicted octanol–water partition coefficient (Wildman–Crippen LogP) is 2.84. The van der Waals surface area contributed by atoms with Crippen LogP contribution in [-0.2, 0) is 4.74 Å². The van der Waals surface area contributed by atoms with E-state index in [1.165, 1.54) is 0 Å². The van der Waals surface area contributed by atoms with Gasteiger partial charge in [0.05, 0.1) is 25.4 Å². The van der Waals surface area contributed by atoms with Gasteiger partial charge in [-0.3, -0.25) is 0 Å². The van der Waals surface area contributed by atoms with Gasteiger partial charge in [0.15, 0.2) is 0 Å². The van der Waals surface area contributed by atoms with E-state index in [1.54, 1.807) is 7.11 Å². The van der Waals surface area contributed by atoms with Crippen LogP contribution in [0.3, 0.4) is 0 Å². The van der Waals surface area contributed by atoms with Crippen LogP contribution in [0.5, 0.6) is 11.5 Å². The summed E-state index contributed by atoms with van der Waals surface area (Å²) in [6.45, 7) is 4.82. The monoisotopic (exact) mass is 278 g/mol. The summed E-state index contributed by atoms with van der Waals surface area (Å²) in [5.41, 5.74) is 0.296. The smallest absolute Gasteiger partial charge is 0.126 e. The maximum Gasteiger partial charge on any atom is 0.126 e.